The number of hydrogen-bond acceptors (Lipinski definition) is 8. The number of phenolic OH excluding ortho intramolecular Hbond substituents is 1. The Morgan fingerprint density at radius 3 is 2.75 bits per heavy atom. The predicted molar refractivity (Wildman–Crippen MR) is 111 cm³/mol. The van der Waals surface area contributed by atoms with Gasteiger partial charge in [-0.05, 0) is 34.1 Å². The van der Waals surface area contributed by atoms with Crippen LogP contribution in [-0.2, 0) is 0 Å². The van der Waals surface area contributed by atoms with Crippen molar-refractivity contribution in [3.63, 3.8) is 0 Å². The lowest BCUT2D eigenvalue weighted by Gasteiger charge is -2.45. The first kappa shape index (κ1) is 17.2. The number of piperazine rings is 1. The lowest BCUT2D eigenvalue weighted by molar-refractivity contribution is 0.477. The summed E-state index contributed by atoms with van der Waals surface area (Å²) in [6.07, 6.45) is 3.55. The first-order valence-corrected chi connectivity index (χ1v) is 9.87. The van der Waals surface area contributed by atoms with Gasteiger partial charge >= 0.3 is 0 Å². The van der Waals surface area contributed by atoms with E-state index >= 15 is 0 Å². The predicted octanol–water partition coefficient (Wildman–Crippen LogP) is 2.52. The molecule has 3 aromatic rings. The van der Waals surface area contributed by atoms with E-state index in [0.29, 0.717) is 11.3 Å². The molecule has 28 heavy (non-hydrogen) atoms. The Kier molecular flexibility index (Phi) is 4.23. The second-order valence-electron chi connectivity index (χ2n) is 6.86. The highest BCUT2D eigenvalue weighted by molar-refractivity contribution is 9.10. The number of anilines is 3. The second-order valence-corrected chi connectivity index (χ2v) is 7.77. The van der Waals surface area contributed by atoms with Gasteiger partial charge in [-0.25, -0.2) is 9.97 Å². The fourth-order valence-corrected chi connectivity index (χ4v) is 3.97. The molecule has 0 spiro atoms. The summed E-state index contributed by atoms with van der Waals surface area (Å²) in [7, 11) is 0. The summed E-state index contributed by atoms with van der Waals surface area (Å²) in [6, 6.07) is 9.47. The number of nitrogens with zero attached hydrogens (tertiary/aromatic N) is 6. The summed E-state index contributed by atoms with van der Waals surface area (Å²) in [5, 5.41) is 22.2. The Bertz CT molecular complexity index is 1010. The molecule has 0 saturated carbocycles. The molecule has 4 heterocycles. The van der Waals surface area contributed by atoms with Gasteiger partial charge in [0.15, 0.2) is 5.82 Å². The molecule has 2 aromatic heterocycles. The molecule has 0 bridgehead atoms. The Morgan fingerprint density at radius 1 is 1.11 bits per heavy atom. The van der Waals surface area contributed by atoms with E-state index in [4.69, 9.17) is 0 Å². The molecule has 1 aromatic carbocycles. The van der Waals surface area contributed by atoms with Gasteiger partial charge in [-0.2, -0.15) is 0 Å². The quantitative estimate of drug-likeness (QED) is 0.629. The van der Waals surface area contributed by atoms with Crippen LogP contribution >= 0.6 is 15.9 Å². The summed E-state index contributed by atoms with van der Waals surface area (Å²) in [5.41, 5.74) is 2.36. The fourth-order valence-electron chi connectivity index (χ4n) is 3.76. The summed E-state index contributed by atoms with van der Waals surface area (Å²) < 4.78 is 0.874. The number of fused-ring (bicyclic) bond motifs is 3. The van der Waals surface area contributed by atoms with E-state index in [1.165, 1.54) is 0 Å². The van der Waals surface area contributed by atoms with Crippen LogP contribution in [0, 0.1) is 0 Å². The van der Waals surface area contributed by atoms with Gasteiger partial charge < -0.3 is 20.2 Å². The molecular formula is C19H18BrN7O. The monoisotopic (exact) mass is 439 g/mol. The van der Waals surface area contributed by atoms with E-state index in [1.54, 1.807) is 24.5 Å². The van der Waals surface area contributed by atoms with Crippen LogP contribution in [0.25, 0.3) is 11.3 Å². The number of aromatic nitrogens is 4. The van der Waals surface area contributed by atoms with Crippen molar-refractivity contribution in [1.82, 2.24) is 20.2 Å². The van der Waals surface area contributed by atoms with Crippen molar-refractivity contribution in [2.45, 2.75) is 6.04 Å². The van der Waals surface area contributed by atoms with E-state index in [-0.39, 0.29) is 11.8 Å². The molecule has 1 saturated heterocycles. The van der Waals surface area contributed by atoms with Gasteiger partial charge in [0, 0.05) is 44.1 Å². The van der Waals surface area contributed by atoms with Crippen molar-refractivity contribution in [2.24, 2.45) is 0 Å². The number of rotatable bonds is 2. The molecule has 2 N–H and O–H groups in total. The lowest BCUT2D eigenvalue weighted by atomic mass is 10.1. The van der Waals surface area contributed by atoms with Crippen LogP contribution in [0.5, 0.6) is 5.75 Å². The third-order valence-electron chi connectivity index (χ3n) is 5.14. The average Bonchev–Trinajstić information content (AvgIpc) is 2.74. The zero-order chi connectivity index (χ0) is 19.1. The van der Waals surface area contributed by atoms with Gasteiger partial charge in [-0.1, -0.05) is 12.1 Å². The second kappa shape index (κ2) is 6.90. The van der Waals surface area contributed by atoms with E-state index in [2.05, 4.69) is 51.2 Å². The molecule has 9 heteroatoms. The third-order valence-corrected chi connectivity index (χ3v) is 5.55. The number of benzene rings is 1. The molecular weight excluding hydrogens is 422 g/mol. The molecule has 5 rings (SSSR count). The highest BCUT2D eigenvalue weighted by Crippen LogP contribution is 2.36. The third kappa shape index (κ3) is 3.01. The smallest absolute Gasteiger partial charge is 0.225 e. The maximum absolute atomic E-state index is 10.2. The van der Waals surface area contributed by atoms with E-state index in [0.717, 1.165) is 48.1 Å². The average molecular weight is 440 g/mol. The van der Waals surface area contributed by atoms with Gasteiger partial charge in [0.25, 0.3) is 0 Å². The molecule has 2 aliphatic rings. The highest BCUT2D eigenvalue weighted by Gasteiger charge is 2.33. The lowest BCUT2D eigenvalue weighted by Crippen LogP contribution is -2.58. The summed E-state index contributed by atoms with van der Waals surface area (Å²) in [4.78, 5) is 13.4. The molecule has 2 aliphatic heterocycles. The van der Waals surface area contributed by atoms with Crippen molar-refractivity contribution >= 4 is 33.4 Å². The number of nitrogens with one attached hydrogen (secondary N) is 1. The molecule has 0 amide bonds. The highest BCUT2D eigenvalue weighted by atomic mass is 79.9. The van der Waals surface area contributed by atoms with Crippen molar-refractivity contribution in [2.75, 3.05) is 41.3 Å². The summed E-state index contributed by atoms with van der Waals surface area (Å²) in [5.74, 6) is 1.73. The van der Waals surface area contributed by atoms with Gasteiger partial charge in [-0.3, -0.25) is 0 Å². The molecule has 1 fully saturated rings. The summed E-state index contributed by atoms with van der Waals surface area (Å²) >= 11 is 3.38. The van der Waals surface area contributed by atoms with Crippen LogP contribution in [0.2, 0.25) is 0 Å². The topological polar surface area (TPSA) is 90.3 Å². The molecule has 142 valence electrons. The Balaban J connectivity index is 1.43. The standard InChI is InChI=1S/C19H18BrN7O/c20-12-8-22-19(23-9-12)26-5-6-27-13(11-26)10-21-18-16(27)7-15(24-25-18)14-3-1-2-4-17(14)28/h1-4,7-9,13,28H,5-6,10-11H2,(H,21,25)/t13-/m1/s1. The molecule has 0 unspecified atom stereocenters. The van der Waals surface area contributed by atoms with E-state index < -0.39 is 0 Å². The minimum atomic E-state index is 0.203. The Labute approximate surface area is 170 Å². The number of hydrogen-bond donors (Lipinski definition) is 2. The minimum Gasteiger partial charge on any atom is -0.507 e. The van der Waals surface area contributed by atoms with E-state index in [9.17, 15) is 5.11 Å². The fraction of sp³-hybridized carbons (Fsp3) is 0.263. The molecule has 0 radical (unpaired) electrons. The summed E-state index contributed by atoms with van der Waals surface area (Å²) in [6.45, 7) is 3.27. The van der Waals surface area contributed by atoms with Crippen LogP contribution in [0.4, 0.5) is 17.5 Å². The van der Waals surface area contributed by atoms with Crippen LogP contribution in [0.1, 0.15) is 0 Å². The van der Waals surface area contributed by atoms with Crippen LogP contribution in [0.15, 0.2) is 47.2 Å². The normalized spacial score (nSPS) is 18.2. The Hall–Kier alpha value is -2.94. The van der Waals surface area contributed by atoms with Crippen LogP contribution in [0.3, 0.4) is 0 Å². The van der Waals surface area contributed by atoms with Crippen molar-refractivity contribution in [3.8, 4) is 17.0 Å². The SMILES string of the molecule is Oc1ccccc1-c1cc2c(nn1)NC[C@@H]1CN(c3ncc(Br)cn3)CCN21. The molecule has 8 nitrogen and oxygen atoms in total. The van der Waals surface area contributed by atoms with Gasteiger partial charge in [0.05, 0.1) is 21.9 Å². The zero-order valence-electron chi connectivity index (χ0n) is 15.0. The van der Waals surface area contributed by atoms with Crippen LogP contribution < -0.4 is 15.1 Å². The minimum absolute atomic E-state index is 0.203. The van der Waals surface area contributed by atoms with Gasteiger partial charge in [-0.15, -0.1) is 10.2 Å². The number of phenols is 1. The van der Waals surface area contributed by atoms with Crippen molar-refractivity contribution in [1.29, 1.82) is 0 Å². The number of halogens is 1. The van der Waals surface area contributed by atoms with Crippen molar-refractivity contribution < 1.29 is 5.11 Å². The van der Waals surface area contributed by atoms with Gasteiger partial charge in [0.2, 0.25) is 5.95 Å². The van der Waals surface area contributed by atoms with Crippen LogP contribution in [-0.4, -0.2) is 57.5 Å². The first-order chi connectivity index (χ1) is 13.7. The maximum Gasteiger partial charge on any atom is 0.225 e. The van der Waals surface area contributed by atoms with Crippen molar-refractivity contribution in [3.05, 3.63) is 47.2 Å². The Morgan fingerprint density at radius 2 is 1.93 bits per heavy atom. The van der Waals surface area contributed by atoms with Gasteiger partial charge in [0.1, 0.15) is 5.75 Å². The maximum atomic E-state index is 10.2. The largest absolute Gasteiger partial charge is 0.507 e. The zero-order valence-corrected chi connectivity index (χ0v) is 16.5. The van der Waals surface area contributed by atoms with E-state index in [1.807, 2.05) is 18.2 Å². The molecule has 1 atom stereocenters. The number of para-hydroxylation sites is 1. The number of aromatic hydroxyl groups is 1. The molecule has 0 aliphatic carbocycles. The first-order valence-electron chi connectivity index (χ1n) is 9.08.